The molecule has 16 heteroatoms. The van der Waals surface area contributed by atoms with Crippen molar-refractivity contribution in [3.05, 3.63) is 132 Å². The number of amides is 4. The van der Waals surface area contributed by atoms with Gasteiger partial charge in [0.15, 0.2) is 11.6 Å². The number of carbonyl (C=O) groups excluding carboxylic acids is 2. The second-order valence-electron chi connectivity index (χ2n) is 13.1. The van der Waals surface area contributed by atoms with Crippen molar-refractivity contribution in [2.75, 3.05) is 36.8 Å². The van der Waals surface area contributed by atoms with E-state index < -0.39 is 0 Å². The highest BCUT2D eigenvalue weighted by Crippen LogP contribution is 2.26. The van der Waals surface area contributed by atoms with Crippen molar-refractivity contribution in [3.63, 3.8) is 0 Å². The Labute approximate surface area is 320 Å². The zero-order valence-electron chi connectivity index (χ0n) is 30.3. The van der Waals surface area contributed by atoms with Crippen LogP contribution in [-0.4, -0.2) is 90.6 Å². The molecule has 4 aromatic heterocycles. The Balaban J connectivity index is 0.000000172. The number of halogens is 2. The molecule has 0 aliphatic carbocycles. The lowest BCUT2D eigenvalue weighted by atomic mass is 10.1. The molecular weight excluding hydrogens is 723 g/mol. The van der Waals surface area contributed by atoms with Gasteiger partial charge < -0.3 is 19.3 Å². The van der Waals surface area contributed by atoms with Crippen LogP contribution in [-0.2, 0) is 0 Å². The third-order valence-corrected chi connectivity index (χ3v) is 8.86. The lowest BCUT2D eigenvalue weighted by molar-refractivity contribution is 0.0461. The van der Waals surface area contributed by atoms with Crippen LogP contribution in [0, 0.1) is 25.5 Å². The quantitative estimate of drug-likeness (QED) is 0.174. The molecule has 2 aliphatic rings. The molecule has 0 atom stereocenters. The van der Waals surface area contributed by atoms with Crippen LogP contribution < -0.4 is 20.1 Å². The van der Waals surface area contributed by atoms with Gasteiger partial charge >= 0.3 is 12.1 Å². The summed E-state index contributed by atoms with van der Waals surface area (Å²) < 4.78 is 39.2. The van der Waals surface area contributed by atoms with Crippen molar-refractivity contribution in [3.8, 4) is 34.0 Å². The number of benzene rings is 2. The first kappa shape index (κ1) is 37.2. The molecule has 56 heavy (non-hydrogen) atoms. The number of aryl methyl sites for hydroxylation is 2. The molecule has 8 rings (SSSR count). The second-order valence-corrected chi connectivity index (χ2v) is 13.1. The minimum atomic E-state index is -0.295. The number of anilines is 2. The van der Waals surface area contributed by atoms with Gasteiger partial charge in [-0.2, -0.15) is 10.2 Å². The van der Waals surface area contributed by atoms with Gasteiger partial charge in [0.2, 0.25) is 11.8 Å². The molecular formula is C40H36F2N10O4. The standard InChI is InChI=1S/2C20H18FN5O2/c1-13-8-18(25-23-9-13)24-20(27)26-11-15(12-26)28-19-7-6-14(10-22-19)16-4-2-3-5-17(16)21;1-13-8-9-23-25-19(13)24-20(27)26-11-15(12-26)28-18-7-6-14(10-22-18)16-4-2-3-5-17(16)21/h2*2-10,15H,11-12H2,1H3,(H,24,25,27). The molecule has 2 N–H and O–H groups in total. The second kappa shape index (κ2) is 16.9. The van der Waals surface area contributed by atoms with Gasteiger partial charge in [-0.25, -0.2) is 28.3 Å². The van der Waals surface area contributed by atoms with Crippen molar-refractivity contribution in [1.82, 2.24) is 40.2 Å². The predicted octanol–water partition coefficient (Wildman–Crippen LogP) is 6.56. The van der Waals surface area contributed by atoms with E-state index in [-0.39, 0.29) is 35.9 Å². The van der Waals surface area contributed by atoms with Crippen molar-refractivity contribution in [1.29, 1.82) is 0 Å². The lowest BCUT2D eigenvalue weighted by Gasteiger charge is -2.38. The Morgan fingerprint density at radius 3 is 1.68 bits per heavy atom. The molecule has 0 bridgehead atoms. The maximum atomic E-state index is 13.8. The fraction of sp³-hybridized carbons (Fsp3) is 0.200. The average molecular weight is 759 g/mol. The summed E-state index contributed by atoms with van der Waals surface area (Å²) in [7, 11) is 0. The van der Waals surface area contributed by atoms with Gasteiger partial charge in [-0.05, 0) is 61.4 Å². The summed E-state index contributed by atoms with van der Waals surface area (Å²) in [5.41, 5.74) is 4.11. The van der Waals surface area contributed by atoms with Crippen LogP contribution in [0.3, 0.4) is 0 Å². The smallest absolute Gasteiger partial charge is 0.323 e. The third-order valence-electron chi connectivity index (χ3n) is 8.86. The maximum Gasteiger partial charge on any atom is 0.323 e. The fourth-order valence-electron chi connectivity index (χ4n) is 5.72. The molecule has 284 valence electrons. The van der Waals surface area contributed by atoms with E-state index in [1.54, 1.807) is 107 Å². The molecule has 0 spiro atoms. The van der Waals surface area contributed by atoms with E-state index in [4.69, 9.17) is 9.47 Å². The highest BCUT2D eigenvalue weighted by molar-refractivity contribution is 5.90. The predicted molar refractivity (Wildman–Crippen MR) is 203 cm³/mol. The van der Waals surface area contributed by atoms with Crippen molar-refractivity contribution >= 4 is 23.7 Å². The van der Waals surface area contributed by atoms with Crippen LogP contribution in [0.25, 0.3) is 22.3 Å². The summed E-state index contributed by atoms with van der Waals surface area (Å²) in [6.07, 6.45) is 6.07. The summed E-state index contributed by atoms with van der Waals surface area (Å²) >= 11 is 0. The van der Waals surface area contributed by atoms with Gasteiger partial charge in [-0.15, -0.1) is 10.2 Å². The van der Waals surface area contributed by atoms with Crippen LogP contribution >= 0.6 is 0 Å². The number of hydrogen-bond acceptors (Lipinski definition) is 10. The minimum Gasteiger partial charge on any atom is -0.471 e. The van der Waals surface area contributed by atoms with Crippen molar-refractivity contribution < 1.29 is 27.8 Å². The Bertz CT molecular complexity index is 2300. The molecule has 6 heterocycles. The van der Waals surface area contributed by atoms with E-state index in [9.17, 15) is 18.4 Å². The summed E-state index contributed by atoms with van der Waals surface area (Å²) in [5.74, 6) is 1.15. The summed E-state index contributed by atoms with van der Waals surface area (Å²) in [6, 6.07) is 23.0. The van der Waals surface area contributed by atoms with Crippen LogP contribution in [0.1, 0.15) is 11.1 Å². The summed E-state index contributed by atoms with van der Waals surface area (Å²) in [4.78, 5) is 36.1. The molecule has 14 nitrogen and oxygen atoms in total. The number of aromatic nitrogens is 6. The van der Waals surface area contributed by atoms with Crippen molar-refractivity contribution in [2.45, 2.75) is 26.1 Å². The first-order valence-electron chi connectivity index (χ1n) is 17.6. The first-order chi connectivity index (χ1) is 27.2. The number of nitrogens with one attached hydrogen (secondary N) is 2. The zero-order valence-corrected chi connectivity index (χ0v) is 30.3. The van der Waals surface area contributed by atoms with Crippen LogP contribution in [0.4, 0.5) is 30.0 Å². The van der Waals surface area contributed by atoms with E-state index in [0.717, 1.165) is 11.1 Å². The summed E-state index contributed by atoms with van der Waals surface area (Å²) in [6.45, 7) is 5.51. The number of rotatable bonds is 8. The number of ether oxygens (including phenoxy) is 2. The SMILES string of the molecule is Cc1ccnnc1NC(=O)N1CC(Oc2ccc(-c3ccccc3F)cn2)C1.Cc1cnnc(NC(=O)N2CC(Oc3ccc(-c4ccccc4F)cn3)C2)c1. The van der Waals surface area contributed by atoms with Gasteiger partial charge in [0.05, 0.1) is 38.6 Å². The number of hydrogen-bond donors (Lipinski definition) is 2. The molecule has 0 saturated carbocycles. The topological polar surface area (TPSA) is 160 Å². The zero-order chi connectivity index (χ0) is 39.0. The molecule has 2 aromatic carbocycles. The maximum absolute atomic E-state index is 13.8. The molecule has 0 unspecified atom stereocenters. The average Bonchev–Trinajstić information content (AvgIpc) is 3.16. The number of carbonyl (C=O) groups is 2. The Hall–Kier alpha value is -7.10. The van der Waals surface area contributed by atoms with Gasteiger partial charge in [0, 0.05) is 46.8 Å². The minimum absolute atomic E-state index is 0.138. The highest BCUT2D eigenvalue weighted by Gasteiger charge is 2.34. The van der Waals surface area contributed by atoms with E-state index >= 15 is 0 Å². The first-order valence-corrected chi connectivity index (χ1v) is 17.6. The molecule has 2 aliphatic heterocycles. The van der Waals surface area contributed by atoms with Crippen LogP contribution in [0.5, 0.6) is 11.8 Å². The van der Waals surface area contributed by atoms with E-state index in [0.29, 0.717) is 71.8 Å². The van der Waals surface area contributed by atoms with Gasteiger partial charge in [-0.3, -0.25) is 10.6 Å². The number of nitrogens with zero attached hydrogens (tertiary/aromatic N) is 8. The monoisotopic (exact) mass is 758 g/mol. The molecule has 0 radical (unpaired) electrons. The Morgan fingerprint density at radius 1 is 0.661 bits per heavy atom. The van der Waals surface area contributed by atoms with E-state index in [2.05, 4.69) is 41.0 Å². The summed E-state index contributed by atoms with van der Waals surface area (Å²) in [5, 5.41) is 20.8. The van der Waals surface area contributed by atoms with Gasteiger partial charge in [-0.1, -0.05) is 36.4 Å². The number of likely N-dealkylation sites (tertiary alicyclic amines) is 2. The molecule has 2 saturated heterocycles. The molecule has 6 aromatic rings. The lowest BCUT2D eigenvalue weighted by Crippen LogP contribution is -2.57. The number of urea groups is 2. The molecule has 4 amide bonds. The van der Waals surface area contributed by atoms with Gasteiger partial charge in [0.1, 0.15) is 23.8 Å². The van der Waals surface area contributed by atoms with Crippen LogP contribution in [0.2, 0.25) is 0 Å². The molecule has 2 fully saturated rings. The highest BCUT2D eigenvalue weighted by atomic mass is 19.1. The third kappa shape index (κ3) is 9.15. The Kier molecular flexibility index (Phi) is 11.3. The van der Waals surface area contributed by atoms with Crippen LogP contribution in [0.15, 0.2) is 110 Å². The van der Waals surface area contributed by atoms with Crippen molar-refractivity contribution in [2.24, 2.45) is 0 Å². The normalized spacial score (nSPS) is 13.7. The fourth-order valence-corrected chi connectivity index (χ4v) is 5.72. The van der Waals surface area contributed by atoms with E-state index in [1.807, 2.05) is 13.8 Å². The number of pyridine rings is 2. The van der Waals surface area contributed by atoms with Gasteiger partial charge in [0.25, 0.3) is 0 Å². The Morgan fingerprint density at radius 2 is 1.20 bits per heavy atom. The van der Waals surface area contributed by atoms with E-state index in [1.165, 1.54) is 12.1 Å². The largest absolute Gasteiger partial charge is 0.471 e.